The average Bonchev–Trinajstić information content (AvgIpc) is 3.08. The molecule has 152 valence electrons. The molecule has 6 nitrogen and oxygen atoms in total. The van der Waals surface area contributed by atoms with Crippen LogP contribution in [0.15, 0.2) is 48.5 Å². The number of rotatable bonds is 9. The van der Waals surface area contributed by atoms with Crippen molar-refractivity contribution in [2.24, 2.45) is 0 Å². The summed E-state index contributed by atoms with van der Waals surface area (Å²) in [6.07, 6.45) is 0.747. The molecule has 0 radical (unpaired) electrons. The maximum Gasteiger partial charge on any atom is 0.326 e. The summed E-state index contributed by atoms with van der Waals surface area (Å²) in [6, 6.07) is 12.9. The van der Waals surface area contributed by atoms with E-state index in [0.29, 0.717) is 6.42 Å². The van der Waals surface area contributed by atoms with E-state index in [4.69, 9.17) is 4.74 Å². The molecule has 7 heteroatoms. The molecule has 0 saturated heterocycles. The minimum absolute atomic E-state index is 0.132. The summed E-state index contributed by atoms with van der Waals surface area (Å²) >= 11 is 0. The molecule has 0 aliphatic carbocycles. The number of para-hydroxylation sites is 1. The zero-order chi connectivity index (χ0) is 20.8. The number of nitrogens with one attached hydrogen (secondary N) is 2. The zero-order valence-electron chi connectivity index (χ0n) is 16.1. The number of hydrogen-bond acceptors (Lipinski definition) is 3. The van der Waals surface area contributed by atoms with Gasteiger partial charge in [0.25, 0.3) is 0 Å². The number of aliphatic carboxylic acids is 1. The van der Waals surface area contributed by atoms with Crippen molar-refractivity contribution < 1.29 is 23.8 Å². The predicted molar refractivity (Wildman–Crippen MR) is 108 cm³/mol. The fourth-order valence-corrected chi connectivity index (χ4v) is 3.32. The molecule has 0 aliphatic rings. The fourth-order valence-electron chi connectivity index (χ4n) is 3.32. The third kappa shape index (κ3) is 5.00. The average molecular weight is 398 g/mol. The molecule has 1 heterocycles. The van der Waals surface area contributed by atoms with E-state index in [1.54, 1.807) is 12.1 Å². The highest BCUT2D eigenvalue weighted by Crippen LogP contribution is 2.31. The van der Waals surface area contributed by atoms with E-state index >= 15 is 0 Å². The molecule has 0 aliphatic heterocycles. The minimum Gasteiger partial charge on any atom is -0.480 e. The number of halogens is 1. The first kappa shape index (κ1) is 20.5. The van der Waals surface area contributed by atoms with Crippen LogP contribution in [-0.2, 0) is 20.7 Å². The predicted octanol–water partition coefficient (Wildman–Crippen LogP) is 3.51. The third-order valence-corrected chi connectivity index (χ3v) is 4.79. The van der Waals surface area contributed by atoms with Gasteiger partial charge in [0.2, 0.25) is 5.91 Å². The van der Waals surface area contributed by atoms with Crippen molar-refractivity contribution in [1.82, 2.24) is 10.3 Å². The molecule has 1 atom stereocenters. The number of carbonyl (C=O) groups excluding carboxylic acids is 1. The number of amides is 1. The summed E-state index contributed by atoms with van der Waals surface area (Å²) in [5, 5.41) is 12.8. The Kier molecular flexibility index (Phi) is 6.61. The molecule has 0 fully saturated rings. The molecule has 29 heavy (non-hydrogen) atoms. The lowest BCUT2D eigenvalue weighted by atomic mass is 10.0. The van der Waals surface area contributed by atoms with Gasteiger partial charge in [-0.1, -0.05) is 18.2 Å². The van der Waals surface area contributed by atoms with Gasteiger partial charge in [-0.25, -0.2) is 9.18 Å². The van der Waals surface area contributed by atoms with Crippen LogP contribution < -0.4 is 5.32 Å². The number of carboxylic acid groups (broad SMARTS) is 1. The summed E-state index contributed by atoms with van der Waals surface area (Å²) in [7, 11) is 1.48. The number of carbonyl (C=O) groups is 2. The molecule has 0 saturated carbocycles. The Morgan fingerprint density at radius 3 is 2.59 bits per heavy atom. The molecule has 3 N–H and O–H groups in total. The second-order valence-electron chi connectivity index (χ2n) is 6.77. The van der Waals surface area contributed by atoms with Crippen molar-refractivity contribution >= 4 is 22.8 Å². The van der Waals surface area contributed by atoms with Gasteiger partial charge in [-0.05, 0) is 47.9 Å². The highest BCUT2D eigenvalue weighted by Gasteiger charge is 2.20. The molecule has 1 unspecified atom stereocenters. The highest BCUT2D eigenvalue weighted by atomic mass is 19.1. The molecule has 3 rings (SSSR count). The van der Waals surface area contributed by atoms with Gasteiger partial charge >= 0.3 is 5.97 Å². The van der Waals surface area contributed by atoms with Crippen LogP contribution in [0, 0.1) is 5.82 Å². The molecular formula is C22H23FN2O4. The van der Waals surface area contributed by atoms with Crippen LogP contribution in [0.1, 0.15) is 18.4 Å². The van der Waals surface area contributed by atoms with Gasteiger partial charge < -0.3 is 20.1 Å². The molecule has 1 aromatic heterocycles. The number of methoxy groups -OCH3 is 1. The van der Waals surface area contributed by atoms with Crippen molar-refractivity contribution in [3.63, 3.8) is 0 Å². The fraction of sp³-hybridized carbons (Fsp3) is 0.273. The maximum atomic E-state index is 13.3. The van der Waals surface area contributed by atoms with Crippen LogP contribution in [0.4, 0.5) is 4.39 Å². The lowest BCUT2D eigenvalue weighted by molar-refractivity contribution is -0.142. The lowest BCUT2D eigenvalue weighted by Crippen LogP contribution is -2.41. The Balaban J connectivity index is 1.80. The maximum absolute atomic E-state index is 13.3. The molecule has 3 aromatic rings. The van der Waals surface area contributed by atoms with Crippen molar-refractivity contribution in [1.29, 1.82) is 0 Å². The van der Waals surface area contributed by atoms with Gasteiger partial charge in [0.05, 0.1) is 0 Å². The van der Waals surface area contributed by atoms with Crippen molar-refractivity contribution in [3.05, 3.63) is 59.9 Å². The number of H-pyrrole nitrogens is 1. The molecular weight excluding hydrogens is 375 g/mol. The summed E-state index contributed by atoms with van der Waals surface area (Å²) < 4.78 is 18.2. The highest BCUT2D eigenvalue weighted by molar-refractivity contribution is 5.91. The molecule has 1 amide bonds. The number of aromatic amines is 1. The van der Waals surface area contributed by atoms with Gasteiger partial charge in [-0.2, -0.15) is 0 Å². The van der Waals surface area contributed by atoms with Gasteiger partial charge in [0.15, 0.2) is 0 Å². The van der Waals surface area contributed by atoms with Gasteiger partial charge in [-0.3, -0.25) is 4.79 Å². The molecule has 0 spiro atoms. The van der Waals surface area contributed by atoms with Crippen LogP contribution in [-0.4, -0.2) is 41.7 Å². The number of hydrogen-bond donors (Lipinski definition) is 3. The van der Waals surface area contributed by atoms with E-state index in [9.17, 15) is 19.1 Å². The van der Waals surface area contributed by atoms with Crippen LogP contribution in [0.2, 0.25) is 0 Å². The number of aromatic nitrogens is 1. The number of benzene rings is 2. The Bertz CT molecular complexity index is 998. The second kappa shape index (κ2) is 9.34. The van der Waals surface area contributed by atoms with Crippen LogP contribution in [0.5, 0.6) is 0 Å². The van der Waals surface area contributed by atoms with Gasteiger partial charge in [-0.15, -0.1) is 0 Å². The summed E-state index contributed by atoms with van der Waals surface area (Å²) in [5.41, 5.74) is 3.51. The number of fused-ring (bicyclic) bond motifs is 1. The summed E-state index contributed by atoms with van der Waals surface area (Å²) in [6.45, 7) is 0.244. The first-order valence-corrected chi connectivity index (χ1v) is 9.36. The van der Waals surface area contributed by atoms with Gasteiger partial charge in [0, 0.05) is 43.2 Å². The van der Waals surface area contributed by atoms with E-state index in [-0.39, 0.29) is 31.2 Å². The first-order valence-electron chi connectivity index (χ1n) is 9.36. The Labute approximate surface area is 167 Å². The van der Waals surface area contributed by atoms with Crippen molar-refractivity contribution in [3.8, 4) is 11.3 Å². The van der Waals surface area contributed by atoms with E-state index in [0.717, 1.165) is 27.7 Å². The monoisotopic (exact) mass is 398 g/mol. The van der Waals surface area contributed by atoms with Gasteiger partial charge in [0.1, 0.15) is 11.9 Å². The Morgan fingerprint density at radius 2 is 1.90 bits per heavy atom. The van der Waals surface area contributed by atoms with E-state index in [1.165, 1.54) is 19.2 Å². The summed E-state index contributed by atoms with van der Waals surface area (Å²) in [5.74, 6) is -1.75. The van der Waals surface area contributed by atoms with E-state index in [2.05, 4.69) is 10.3 Å². The normalized spacial score (nSPS) is 12.1. The van der Waals surface area contributed by atoms with Crippen molar-refractivity contribution in [2.45, 2.75) is 25.3 Å². The zero-order valence-corrected chi connectivity index (χ0v) is 16.1. The van der Waals surface area contributed by atoms with Crippen LogP contribution in [0.25, 0.3) is 22.2 Å². The summed E-state index contributed by atoms with van der Waals surface area (Å²) in [4.78, 5) is 27.0. The van der Waals surface area contributed by atoms with Crippen LogP contribution in [0.3, 0.4) is 0 Å². The van der Waals surface area contributed by atoms with E-state index in [1.807, 2.05) is 24.3 Å². The Morgan fingerprint density at radius 1 is 1.17 bits per heavy atom. The lowest BCUT2D eigenvalue weighted by Gasteiger charge is -2.14. The minimum atomic E-state index is -1.09. The SMILES string of the molecule is COCCC(NC(=O)CCc1c(-c2ccc(F)cc2)[nH]c2ccccc12)C(=O)O. The largest absolute Gasteiger partial charge is 0.480 e. The number of carboxylic acids is 1. The number of ether oxygens (including phenoxy) is 1. The van der Waals surface area contributed by atoms with Crippen molar-refractivity contribution in [2.75, 3.05) is 13.7 Å². The molecule has 0 bridgehead atoms. The smallest absolute Gasteiger partial charge is 0.326 e. The van der Waals surface area contributed by atoms with Crippen LogP contribution >= 0.6 is 0 Å². The second-order valence-corrected chi connectivity index (χ2v) is 6.77. The first-order chi connectivity index (χ1) is 14.0. The Hall–Kier alpha value is -3.19. The number of aryl methyl sites for hydroxylation is 1. The van der Waals surface area contributed by atoms with E-state index < -0.39 is 12.0 Å². The topological polar surface area (TPSA) is 91.4 Å². The molecule has 2 aromatic carbocycles. The standard InChI is InChI=1S/C22H23FN2O4/c1-29-13-12-19(22(27)28)24-20(26)11-10-17-16-4-2-3-5-18(16)25-21(17)14-6-8-15(23)9-7-14/h2-9,19,25H,10-13H2,1H3,(H,24,26)(H,27,28). The quantitative estimate of drug-likeness (QED) is 0.514. The third-order valence-electron chi connectivity index (χ3n) is 4.79.